The Bertz CT molecular complexity index is 728. The van der Waals surface area contributed by atoms with E-state index in [9.17, 15) is 4.79 Å². The Morgan fingerprint density at radius 3 is 3.17 bits per heavy atom. The number of hydrogen-bond donors (Lipinski definition) is 1. The summed E-state index contributed by atoms with van der Waals surface area (Å²) in [6.45, 7) is 2.70. The van der Waals surface area contributed by atoms with Crippen LogP contribution in [-0.2, 0) is 11.3 Å². The number of hydrogen-bond acceptors (Lipinski definition) is 4. The third-order valence-corrected chi connectivity index (χ3v) is 3.57. The molecule has 120 valence electrons. The Morgan fingerprint density at radius 1 is 1.52 bits per heavy atom. The molecular weight excluding hydrogens is 318 g/mol. The van der Waals surface area contributed by atoms with Crippen LogP contribution in [0.3, 0.4) is 0 Å². The van der Waals surface area contributed by atoms with Crippen LogP contribution >= 0.6 is 11.6 Å². The van der Waals surface area contributed by atoms with E-state index in [1.54, 1.807) is 29.1 Å². The van der Waals surface area contributed by atoms with Gasteiger partial charge in [0.2, 0.25) is 12.7 Å². The molecule has 1 aromatic heterocycles. The molecule has 0 radical (unpaired) electrons. The summed E-state index contributed by atoms with van der Waals surface area (Å²) < 4.78 is 12.3. The molecule has 1 unspecified atom stereocenters. The molecule has 1 aromatic carbocycles. The Hall–Kier alpha value is -2.47. The van der Waals surface area contributed by atoms with E-state index in [-0.39, 0.29) is 18.7 Å². The molecule has 1 aliphatic rings. The zero-order valence-electron chi connectivity index (χ0n) is 12.5. The van der Waals surface area contributed by atoms with E-state index in [4.69, 9.17) is 21.1 Å². The molecule has 1 amide bonds. The topological polar surface area (TPSA) is 65.4 Å². The van der Waals surface area contributed by atoms with Crippen LogP contribution in [0.4, 0.5) is 0 Å². The second-order valence-electron chi connectivity index (χ2n) is 5.21. The van der Waals surface area contributed by atoms with Crippen molar-refractivity contribution < 1.29 is 14.3 Å². The number of nitrogens with zero attached hydrogens (tertiary/aromatic N) is 2. The third kappa shape index (κ3) is 3.84. The summed E-state index contributed by atoms with van der Waals surface area (Å²) in [6.07, 6.45) is 6.71. The first-order valence-corrected chi connectivity index (χ1v) is 7.55. The molecule has 6 nitrogen and oxygen atoms in total. The highest BCUT2D eigenvalue weighted by Gasteiger charge is 2.17. The highest BCUT2D eigenvalue weighted by Crippen LogP contribution is 2.39. The summed E-state index contributed by atoms with van der Waals surface area (Å²) in [5.41, 5.74) is 0.772. The SMILES string of the molecule is CC(Cn1cccn1)NC(=O)C=Cc1cc(Cl)c2c(c1)OCO2. The van der Waals surface area contributed by atoms with Crippen LogP contribution in [0.5, 0.6) is 11.5 Å². The molecule has 23 heavy (non-hydrogen) atoms. The van der Waals surface area contributed by atoms with Crippen LogP contribution < -0.4 is 14.8 Å². The number of ether oxygens (including phenoxy) is 2. The second kappa shape index (κ2) is 6.75. The van der Waals surface area contributed by atoms with Crippen molar-refractivity contribution in [1.29, 1.82) is 0 Å². The number of carbonyl (C=O) groups excluding carboxylic acids is 1. The molecule has 7 heteroatoms. The molecule has 0 bridgehead atoms. The zero-order valence-corrected chi connectivity index (χ0v) is 13.3. The average molecular weight is 334 g/mol. The van der Waals surface area contributed by atoms with Crippen molar-refractivity contribution in [2.45, 2.75) is 19.5 Å². The van der Waals surface area contributed by atoms with Gasteiger partial charge >= 0.3 is 0 Å². The van der Waals surface area contributed by atoms with E-state index < -0.39 is 0 Å². The van der Waals surface area contributed by atoms with Crippen LogP contribution in [0.25, 0.3) is 6.08 Å². The summed E-state index contributed by atoms with van der Waals surface area (Å²) in [4.78, 5) is 12.0. The number of nitrogens with one attached hydrogen (secondary N) is 1. The van der Waals surface area contributed by atoms with Crippen LogP contribution in [-0.4, -0.2) is 28.5 Å². The van der Waals surface area contributed by atoms with Gasteiger partial charge in [-0.05, 0) is 36.8 Å². The molecule has 0 spiro atoms. The number of benzene rings is 1. The van der Waals surface area contributed by atoms with Gasteiger partial charge in [-0.25, -0.2) is 0 Å². The molecule has 1 aliphatic heterocycles. The summed E-state index contributed by atoms with van der Waals surface area (Å²) in [5.74, 6) is 0.948. The lowest BCUT2D eigenvalue weighted by Crippen LogP contribution is -2.34. The van der Waals surface area contributed by atoms with Crippen LogP contribution in [0.2, 0.25) is 5.02 Å². The van der Waals surface area contributed by atoms with E-state index in [0.717, 1.165) is 5.56 Å². The van der Waals surface area contributed by atoms with Crippen molar-refractivity contribution in [3.63, 3.8) is 0 Å². The highest BCUT2D eigenvalue weighted by molar-refractivity contribution is 6.32. The van der Waals surface area contributed by atoms with E-state index in [1.807, 2.05) is 19.2 Å². The predicted molar refractivity (Wildman–Crippen MR) is 86.4 cm³/mol. The van der Waals surface area contributed by atoms with E-state index in [0.29, 0.717) is 23.1 Å². The Morgan fingerprint density at radius 2 is 2.39 bits per heavy atom. The third-order valence-electron chi connectivity index (χ3n) is 3.29. The van der Waals surface area contributed by atoms with E-state index in [2.05, 4.69) is 10.4 Å². The lowest BCUT2D eigenvalue weighted by Gasteiger charge is -2.12. The minimum atomic E-state index is -0.182. The average Bonchev–Trinajstić information content (AvgIpc) is 3.16. The van der Waals surface area contributed by atoms with Crippen molar-refractivity contribution >= 4 is 23.6 Å². The van der Waals surface area contributed by atoms with E-state index in [1.165, 1.54) is 6.08 Å². The molecule has 0 saturated carbocycles. The van der Waals surface area contributed by atoms with Crippen molar-refractivity contribution in [2.24, 2.45) is 0 Å². The fourth-order valence-corrected chi connectivity index (χ4v) is 2.55. The minimum Gasteiger partial charge on any atom is -0.454 e. The molecule has 0 fully saturated rings. The summed E-state index contributed by atoms with van der Waals surface area (Å²) in [6, 6.07) is 5.32. The van der Waals surface area contributed by atoms with Gasteiger partial charge in [0.1, 0.15) is 0 Å². The van der Waals surface area contributed by atoms with Gasteiger partial charge in [-0.15, -0.1) is 0 Å². The maximum atomic E-state index is 12.0. The summed E-state index contributed by atoms with van der Waals surface area (Å²) in [5, 5.41) is 7.45. The molecule has 3 rings (SSSR count). The smallest absolute Gasteiger partial charge is 0.244 e. The van der Waals surface area contributed by atoms with Gasteiger partial charge in [0.25, 0.3) is 0 Å². The number of amides is 1. The molecule has 0 saturated heterocycles. The van der Waals surface area contributed by atoms with Gasteiger partial charge in [0.05, 0.1) is 11.6 Å². The summed E-state index contributed by atoms with van der Waals surface area (Å²) >= 11 is 6.10. The van der Waals surface area contributed by atoms with Gasteiger partial charge < -0.3 is 14.8 Å². The van der Waals surface area contributed by atoms with Crippen molar-refractivity contribution in [3.05, 3.63) is 47.3 Å². The number of aromatic nitrogens is 2. The molecular formula is C16H16ClN3O3. The number of carbonyl (C=O) groups is 1. The number of halogens is 1. The van der Waals surface area contributed by atoms with Crippen LogP contribution in [0.1, 0.15) is 12.5 Å². The van der Waals surface area contributed by atoms with Crippen molar-refractivity contribution in [3.8, 4) is 11.5 Å². The second-order valence-corrected chi connectivity index (χ2v) is 5.61. The number of fused-ring (bicyclic) bond motifs is 1. The van der Waals surface area contributed by atoms with Gasteiger partial charge in [-0.3, -0.25) is 9.48 Å². The lowest BCUT2D eigenvalue weighted by atomic mass is 10.2. The largest absolute Gasteiger partial charge is 0.454 e. The van der Waals surface area contributed by atoms with Crippen molar-refractivity contribution in [2.75, 3.05) is 6.79 Å². The van der Waals surface area contributed by atoms with Crippen LogP contribution in [0.15, 0.2) is 36.7 Å². The van der Waals surface area contributed by atoms with Gasteiger partial charge in [-0.2, -0.15) is 5.10 Å². The van der Waals surface area contributed by atoms with E-state index >= 15 is 0 Å². The van der Waals surface area contributed by atoms with Crippen molar-refractivity contribution in [1.82, 2.24) is 15.1 Å². The highest BCUT2D eigenvalue weighted by atomic mass is 35.5. The molecule has 1 atom stereocenters. The molecule has 2 aromatic rings. The Balaban J connectivity index is 1.59. The lowest BCUT2D eigenvalue weighted by molar-refractivity contribution is -0.117. The van der Waals surface area contributed by atoms with Crippen LogP contribution in [0, 0.1) is 0 Å². The Kier molecular flexibility index (Phi) is 4.52. The summed E-state index contributed by atoms with van der Waals surface area (Å²) in [7, 11) is 0. The fraction of sp³-hybridized carbons (Fsp3) is 0.250. The maximum absolute atomic E-state index is 12.0. The Labute approximate surface area is 138 Å². The normalized spacial score (nSPS) is 14.2. The first kappa shape index (κ1) is 15.4. The van der Waals surface area contributed by atoms with Gasteiger partial charge in [0.15, 0.2) is 11.5 Å². The fourth-order valence-electron chi connectivity index (χ4n) is 2.28. The molecule has 1 N–H and O–H groups in total. The monoisotopic (exact) mass is 333 g/mol. The maximum Gasteiger partial charge on any atom is 0.244 e. The number of rotatable bonds is 5. The predicted octanol–water partition coefficient (Wildman–Crippen LogP) is 2.48. The minimum absolute atomic E-state index is 0.0348. The standard InChI is InChI=1S/C16H16ClN3O3/c1-11(9-20-6-2-5-18-20)19-15(21)4-3-12-7-13(17)16-14(8-12)22-10-23-16/h2-8,11H,9-10H2,1H3,(H,19,21). The first-order chi connectivity index (χ1) is 11.1. The molecule has 2 heterocycles. The van der Waals surface area contributed by atoms with Gasteiger partial charge in [0, 0.05) is 24.5 Å². The van der Waals surface area contributed by atoms with Gasteiger partial charge in [-0.1, -0.05) is 11.6 Å². The first-order valence-electron chi connectivity index (χ1n) is 7.17. The zero-order chi connectivity index (χ0) is 16.2. The quantitative estimate of drug-likeness (QED) is 0.854. The molecule has 0 aliphatic carbocycles.